The van der Waals surface area contributed by atoms with Gasteiger partial charge in [0.15, 0.2) is 0 Å². The Morgan fingerprint density at radius 1 is 1.14 bits per heavy atom. The molecule has 0 fully saturated rings. The maximum Gasteiger partial charge on any atom is 0.238 e. The first kappa shape index (κ1) is 17.6. The molecule has 5 nitrogen and oxygen atoms in total. The van der Waals surface area contributed by atoms with Crippen LogP contribution in [0.25, 0.3) is 0 Å². The zero-order valence-corrected chi connectivity index (χ0v) is 13.2. The van der Waals surface area contributed by atoms with Gasteiger partial charge in [0, 0.05) is 33.0 Å². The second-order valence-corrected chi connectivity index (χ2v) is 4.82. The van der Waals surface area contributed by atoms with Crippen molar-refractivity contribution in [3.63, 3.8) is 0 Å². The van der Waals surface area contributed by atoms with Gasteiger partial charge < -0.3 is 14.8 Å². The number of anilines is 1. The maximum absolute atomic E-state index is 12.2. The fourth-order valence-electron chi connectivity index (χ4n) is 2.05. The number of nitrogens with one attached hydrogen (secondary N) is 1. The molecule has 118 valence electrons. The largest absolute Gasteiger partial charge is 0.383 e. The summed E-state index contributed by atoms with van der Waals surface area (Å²) < 4.78 is 10.1. The summed E-state index contributed by atoms with van der Waals surface area (Å²) in [7, 11) is 3.32. The first-order valence-electron chi connectivity index (χ1n) is 7.29. The Morgan fingerprint density at radius 2 is 1.76 bits per heavy atom. The normalized spacial score (nSPS) is 10.9. The summed E-state index contributed by atoms with van der Waals surface area (Å²) in [5.74, 6) is -0.0110. The Labute approximate surface area is 127 Å². The highest BCUT2D eigenvalue weighted by Crippen LogP contribution is 2.15. The molecular weight excluding hydrogens is 268 g/mol. The van der Waals surface area contributed by atoms with Crippen LogP contribution in [0.1, 0.15) is 12.5 Å². The van der Waals surface area contributed by atoms with Crippen LogP contribution in [0, 0.1) is 0 Å². The highest BCUT2D eigenvalue weighted by atomic mass is 16.5. The van der Waals surface area contributed by atoms with Crippen LogP contribution in [0.15, 0.2) is 24.3 Å². The predicted molar refractivity (Wildman–Crippen MR) is 84.6 cm³/mol. The number of benzene rings is 1. The minimum atomic E-state index is -0.0110. The van der Waals surface area contributed by atoms with Gasteiger partial charge in [-0.25, -0.2) is 0 Å². The Hall–Kier alpha value is -1.43. The molecule has 1 aromatic rings. The standard InChI is InChI=1S/C16H26N2O3/c1-4-14-7-5-6-8-15(14)17-16(19)13-18(9-11-20-2)10-12-21-3/h5-8H,4,9-13H2,1-3H3,(H,17,19). The first-order valence-corrected chi connectivity index (χ1v) is 7.29. The van der Waals surface area contributed by atoms with Gasteiger partial charge in [-0.3, -0.25) is 9.69 Å². The summed E-state index contributed by atoms with van der Waals surface area (Å²) in [5.41, 5.74) is 2.04. The van der Waals surface area contributed by atoms with Crippen molar-refractivity contribution in [3.05, 3.63) is 29.8 Å². The summed E-state index contributed by atoms with van der Waals surface area (Å²) in [6.45, 7) is 5.04. The van der Waals surface area contributed by atoms with Crippen LogP contribution in [0.5, 0.6) is 0 Å². The molecule has 0 heterocycles. The van der Waals surface area contributed by atoms with E-state index in [1.165, 1.54) is 0 Å². The Bertz CT molecular complexity index is 416. The van der Waals surface area contributed by atoms with Gasteiger partial charge in [-0.2, -0.15) is 0 Å². The van der Waals surface area contributed by atoms with Gasteiger partial charge in [0.25, 0.3) is 0 Å². The van der Waals surface area contributed by atoms with E-state index >= 15 is 0 Å². The number of aryl methyl sites for hydroxylation is 1. The highest BCUT2D eigenvalue weighted by Gasteiger charge is 2.11. The van der Waals surface area contributed by atoms with Crippen molar-refractivity contribution < 1.29 is 14.3 Å². The van der Waals surface area contributed by atoms with E-state index in [1.54, 1.807) is 14.2 Å². The highest BCUT2D eigenvalue weighted by molar-refractivity contribution is 5.93. The quantitative estimate of drug-likeness (QED) is 0.715. The number of ether oxygens (including phenoxy) is 2. The lowest BCUT2D eigenvalue weighted by Gasteiger charge is -2.21. The topological polar surface area (TPSA) is 50.8 Å². The van der Waals surface area contributed by atoms with Crippen molar-refractivity contribution in [2.75, 3.05) is 52.4 Å². The minimum Gasteiger partial charge on any atom is -0.383 e. The summed E-state index contributed by atoms with van der Waals surface area (Å²) in [5, 5.41) is 2.98. The molecule has 0 spiro atoms. The van der Waals surface area contributed by atoms with E-state index < -0.39 is 0 Å². The van der Waals surface area contributed by atoms with E-state index in [0.717, 1.165) is 17.7 Å². The van der Waals surface area contributed by atoms with E-state index in [0.29, 0.717) is 32.8 Å². The zero-order valence-electron chi connectivity index (χ0n) is 13.2. The van der Waals surface area contributed by atoms with Gasteiger partial charge in [0.2, 0.25) is 5.91 Å². The van der Waals surface area contributed by atoms with E-state index in [1.807, 2.05) is 29.2 Å². The molecule has 0 saturated heterocycles. The molecule has 5 heteroatoms. The fourth-order valence-corrected chi connectivity index (χ4v) is 2.05. The van der Waals surface area contributed by atoms with Gasteiger partial charge in [0.05, 0.1) is 19.8 Å². The Kier molecular flexibility index (Phi) is 8.66. The Morgan fingerprint density at radius 3 is 2.33 bits per heavy atom. The van der Waals surface area contributed by atoms with Crippen LogP contribution < -0.4 is 5.32 Å². The lowest BCUT2D eigenvalue weighted by Crippen LogP contribution is -2.37. The van der Waals surface area contributed by atoms with E-state index in [9.17, 15) is 4.79 Å². The molecule has 21 heavy (non-hydrogen) atoms. The number of hydrogen-bond acceptors (Lipinski definition) is 4. The van der Waals surface area contributed by atoms with Crippen molar-refractivity contribution in [1.29, 1.82) is 0 Å². The maximum atomic E-state index is 12.2. The molecule has 0 aliphatic rings. The summed E-state index contributed by atoms with van der Waals surface area (Å²) in [4.78, 5) is 14.2. The molecular formula is C16H26N2O3. The lowest BCUT2D eigenvalue weighted by molar-refractivity contribution is -0.117. The second-order valence-electron chi connectivity index (χ2n) is 4.82. The lowest BCUT2D eigenvalue weighted by atomic mass is 10.1. The van der Waals surface area contributed by atoms with E-state index in [4.69, 9.17) is 9.47 Å². The average Bonchev–Trinajstić information content (AvgIpc) is 2.50. The molecule has 0 radical (unpaired) electrons. The van der Waals surface area contributed by atoms with Crippen LogP contribution in [-0.2, 0) is 20.7 Å². The van der Waals surface area contributed by atoms with Crippen LogP contribution >= 0.6 is 0 Å². The van der Waals surface area contributed by atoms with Gasteiger partial charge in [-0.1, -0.05) is 25.1 Å². The predicted octanol–water partition coefficient (Wildman–Crippen LogP) is 1.78. The molecule has 0 saturated carbocycles. The third kappa shape index (κ3) is 6.71. The van der Waals surface area contributed by atoms with Gasteiger partial charge >= 0.3 is 0 Å². The van der Waals surface area contributed by atoms with Crippen molar-refractivity contribution in [1.82, 2.24) is 4.90 Å². The molecule has 0 aliphatic heterocycles. The van der Waals surface area contributed by atoms with Crippen LogP contribution in [0.2, 0.25) is 0 Å². The molecule has 0 aliphatic carbocycles. The number of methoxy groups -OCH3 is 2. The molecule has 0 unspecified atom stereocenters. The van der Waals surface area contributed by atoms with Gasteiger partial charge in [-0.15, -0.1) is 0 Å². The van der Waals surface area contributed by atoms with Crippen molar-refractivity contribution >= 4 is 11.6 Å². The van der Waals surface area contributed by atoms with Crippen LogP contribution in [0.4, 0.5) is 5.69 Å². The molecule has 0 bridgehead atoms. The number of hydrogen-bond donors (Lipinski definition) is 1. The zero-order chi connectivity index (χ0) is 15.5. The minimum absolute atomic E-state index is 0.0110. The van der Waals surface area contributed by atoms with Crippen LogP contribution in [-0.4, -0.2) is 57.9 Å². The van der Waals surface area contributed by atoms with E-state index in [-0.39, 0.29) is 5.91 Å². The fraction of sp³-hybridized carbons (Fsp3) is 0.562. The molecule has 1 N–H and O–H groups in total. The summed E-state index contributed by atoms with van der Waals surface area (Å²) in [6.07, 6.45) is 0.896. The smallest absolute Gasteiger partial charge is 0.238 e. The van der Waals surface area contributed by atoms with E-state index in [2.05, 4.69) is 12.2 Å². The Balaban J connectivity index is 2.55. The molecule has 1 rings (SSSR count). The number of carbonyl (C=O) groups excluding carboxylic acids is 1. The van der Waals surface area contributed by atoms with Crippen molar-refractivity contribution in [2.45, 2.75) is 13.3 Å². The number of nitrogens with zero attached hydrogens (tertiary/aromatic N) is 1. The summed E-state index contributed by atoms with van der Waals surface area (Å²) >= 11 is 0. The molecule has 0 aromatic heterocycles. The molecule has 1 aromatic carbocycles. The number of rotatable bonds is 10. The second kappa shape index (κ2) is 10.3. The van der Waals surface area contributed by atoms with Gasteiger partial charge in [-0.05, 0) is 18.1 Å². The summed E-state index contributed by atoms with van der Waals surface area (Å²) in [6, 6.07) is 7.88. The molecule has 0 atom stereocenters. The number of para-hydroxylation sites is 1. The van der Waals surface area contributed by atoms with Crippen LogP contribution in [0.3, 0.4) is 0 Å². The number of amides is 1. The SMILES string of the molecule is CCc1ccccc1NC(=O)CN(CCOC)CCOC. The third-order valence-electron chi connectivity index (χ3n) is 3.26. The van der Waals surface area contributed by atoms with Gasteiger partial charge in [0.1, 0.15) is 0 Å². The molecule has 1 amide bonds. The first-order chi connectivity index (χ1) is 10.2. The van der Waals surface area contributed by atoms with Crippen molar-refractivity contribution in [2.24, 2.45) is 0 Å². The van der Waals surface area contributed by atoms with Crippen molar-refractivity contribution in [3.8, 4) is 0 Å². The monoisotopic (exact) mass is 294 g/mol. The number of carbonyl (C=O) groups is 1. The average molecular weight is 294 g/mol. The third-order valence-corrected chi connectivity index (χ3v) is 3.26.